The van der Waals surface area contributed by atoms with Crippen molar-refractivity contribution in [2.75, 3.05) is 0 Å². The maximum Gasteiger partial charge on any atom is 0.434 e. The maximum absolute atomic E-state index is 12.6. The van der Waals surface area contributed by atoms with Gasteiger partial charge in [0.25, 0.3) is 0 Å². The van der Waals surface area contributed by atoms with Crippen molar-refractivity contribution in [3.8, 4) is 17.2 Å². The molecule has 0 atom stereocenters. The van der Waals surface area contributed by atoms with Crippen LogP contribution in [0.2, 0.25) is 0 Å². The Labute approximate surface area is 101 Å². The van der Waals surface area contributed by atoms with Crippen molar-refractivity contribution >= 4 is 0 Å². The van der Waals surface area contributed by atoms with E-state index in [2.05, 4.69) is 4.98 Å². The zero-order valence-electron chi connectivity index (χ0n) is 9.07. The molecule has 0 fully saturated rings. The van der Waals surface area contributed by atoms with E-state index in [9.17, 15) is 13.2 Å². The summed E-state index contributed by atoms with van der Waals surface area (Å²) in [5.41, 5.74) is -0.413. The molecular formula is C13H7F3N2. The summed E-state index contributed by atoms with van der Waals surface area (Å²) >= 11 is 0. The van der Waals surface area contributed by atoms with Crippen LogP contribution in [0.3, 0.4) is 0 Å². The number of hydrogen-bond donors (Lipinski definition) is 0. The second-order valence-electron chi connectivity index (χ2n) is 3.60. The highest BCUT2D eigenvalue weighted by atomic mass is 19.4. The Morgan fingerprint density at radius 1 is 1.06 bits per heavy atom. The monoisotopic (exact) mass is 248 g/mol. The van der Waals surface area contributed by atoms with Gasteiger partial charge in [0, 0.05) is 11.8 Å². The highest BCUT2D eigenvalue weighted by molar-refractivity contribution is 5.64. The average Bonchev–Trinajstić information content (AvgIpc) is 2.38. The summed E-state index contributed by atoms with van der Waals surface area (Å²) in [5, 5.41) is 8.76. The van der Waals surface area contributed by atoms with Gasteiger partial charge in [0.15, 0.2) is 5.69 Å². The highest BCUT2D eigenvalue weighted by Gasteiger charge is 2.35. The van der Waals surface area contributed by atoms with E-state index in [1.54, 1.807) is 30.3 Å². The molecule has 1 aromatic heterocycles. The van der Waals surface area contributed by atoms with Crippen LogP contribution in [0.4, 0.5) is 13.2 Å². The lowest BCUT2D eigenvalue weighted by Gasteiger charge is -2.09. The van der Waals surface area contributed by atoms with Gasteiger partial charge in [-0.25, -0.2) is 4.98 Å². The smallest absolute Gasteiger partial charge is 0.250 e. The van der Waals surface area contributed by atoms with Crippen LogP contribution in [0.5, 0.6) is 0 Å². The lowest BCUT2D eigenvalue weighted by molar-refractivity contribution is -0.141. The lowest BCUT2D eigenvalue weighted by Crippen LogP contribution is -2.10. The molecule has 0 N–H and O–H groups in total. The van der Waals surface area contributed by atoms with Crippen molar-refractivity contribution in [3.63, 3.8) is 0 Å². The van der Waals surface area contributed by atoms with E-state index in [4.69, 9.17) is 5.26 Å². The minimum Gasteiger partial charge on any atom is -0.250 e. The molecular weight excluding hydrogens is 241 g/mol. The van der Waals surface area contributed by atoms with Gasteiger partial charge in [-0.1, -0.05) is 30.3 Å². The van der Waals surface area contributed by atoms with E-state index in [1.165, 1.54) is 12.1 Å². The molecule has 0 radical (unpaired) electrons. The van der Waals surface area contributed by atoms with E-state index in [0.29, 0.717) is 5.56 Å². The normalized spacial score (nSPS) is 11.0. The van der Waals surface area contributed by atoms with Gasteiger partial charge in [-0.05, 0) is 11.6 Å². The van der Waals surface area contributed by atoms with Crippen molar-refractivity contribution < 1.29 is 13.2 Å². The van der Waals surface area contributed by atoms with Crippen molar-refractivity contribution in [3.05, 3.63) is 53.9 Å². The van der Waals surface area contributed by atoms with Gasteiger partial charge in [0.2, 0.25) is 0 Å². The van der Waals surface area contributed by atoms with Crippen molar-refractivity contribution in [2.24, 2.45) is 0 Å². The molecule has 18 heavy (non-hydrogen) atoms. The second-order valence-corrected chi connectivity index (χ2v) is 3.60. The first-order chi connectivity index (χ1) is 8.52. The van der Waals surface area contributed by atoms with Crippen molar-refractivity contribution in [1.29, 1.82) is 5.26 Å². The first-order valence-electron chi connectivity index (χ1n) is 5.05. The Balaban J connectivity index is 2.54. The molecule has 2 aromatic rings. The summed E-state index contributed by atoms with van der Waals surface area (Å²) in [6.45, 7) is 0. The van der Waals surface area contributed by atoms with Crippen LogP contribution >= 0.6 is 0 Å². The maximum atomic E-state index is 12.6. The molecule has 2 rings (SSSR count). The van der Waals surface area contributed by atoms with E-state index in [0.717, 1.165) is 11.8 Å². The number of nitriles is 1. The molecule has 0 saturated carbocycles. The van der Waals surface area contributed by atoms with Crippen LogP contribution in [-0.4, -0.2) is 4.98 Å². The van der Waals surface area contributed by atoms with Crippen LogP contribution in [-0.2, 0) is 6.18 Å². The summed E-state index contributed by atoms with van der Waals surface area (Å²) in [6, 6.07) is 11.5. The summed E-state index contributed by atoms with van der Waals surface area (Å²) in [7, 11) is 0. The Kier molecular flexibility index (Phi) is 3.02. The third-order valence-corrected chi connectivity index (χ3v) is 2.38. The molecule has 5 heteroatoms. The number of benzene rings is 1. The summed E-state index contributed by atoms with van der Waals surface area (Å²) in [6.07, 6.45) is -3.49. The second kappa shape index (κ2) is 4.49. The van der Waals surface area contributed by atoms with Gasteiger partial charge in [-0.3, -0.25) is 0 Å². The number of pyridine rings is 1. The molecule has 0 bridgehead atoms. The fourth-order valence-corrected chi connectivity index (χ4v) is 1.56. The van der Waals surface area contributed by atoms with E-state index < -0.39 is 17.4 Å². The number of rotatable bonds is 1. The Morgan fingerprint density at radius 3 is 2.28 bits per heavy atom. The average molecular weight is 248 g/mol. The fourth-order valence-electron chi connectivity index (χ4n) is 1.56. The molecule has 0 aliphatic rings. The molecule has 0 spiro atoms. The highest BCUT2D eigenvalue weighted by Crippen LogP contribution is 2.31. The molecule has 0 aliphatic carbocycles. The van der Waals surface area contributed by atoms with Gasteiger partial charge < -0.3 is 0 Å². The molecule has 0 saturated heterocycles. The molecule has 1 heterocycles. The molecule has 0 unspecified atom stereocenters. The first kappa shape index (κ1) is 12.1. The largest absolute Gasteiger partial charge is 0.434 e. The van der Waals surface area contributed by atoms with Gasteiger partial charge in [-0.2, -0.15) is 18.4 Å². The molecule has 1 aromatic carbocycles. The van der Waals surface area contributed by atoms with Gasteiger partial charge >= 0.3 is 6.18 Å². The summed E-state index contributed by atoms with van der Waals surface area (Å²) < 4.78 is 37.7. The number of alkyl halides is 3. The standard InChI is InChI=1S/C13H7F3N2/c14-13(15,16)12-10(7-17)6-11(8-18-12)9-4-2-1-3-5-9/h1-6,8H. The van der Waals surface area contributed by atoms with Crippen LogP contribution in [0, 0.1) is 11.3 Å². The Morgan fingerprint density at radius 2 is 1.72 bits per heavy atom. The molecule has 0 amide bonds. The predicted molar refractivity (Wildman–Crippen MR) is 59.4 cm³/mol. The lowest BCUT2D eigenvalue weighted by atomic mass is 10.0. The summed E-state index contributed by atoms with van der Waals surface area (Å²) in [4.78, 5) is 3.35. The van der Waals surface area contributed by atoms with Gasteiger partial charge in [-0.15, -0.1) is 0 Å². The van der Waals surface area contributed by atoms with Crippen LogP contribution in [0.25, 0.3) is 11.1 Å². The van der Waals surface area contributed by atoms with Crippen LogP contribution in [0.15, 0.2) is 42.6 Å². The van der Waals surface area contributed by atoms with Crippen LogP contribution in [0.1, 0.15) is 11.3 Å². The SMILES string of the molecule is N#Cc1cc(-c2ccccc2)cnc1C(F)(F)F. The minimum atomic E-state index is -4.61. The van der Waals surface area contributed by atoms with Crippen molar-refractivity contribution in [1.82, 2.24) is 4.98 Å². The minimum absolute atomic E-state index is 0.469. The number of halogens is 3. The zero-order chi connectivity index (χ0) is 13.2. The first-order valence-corrected chi connectivity index (χ1v) is 5.05. The number of aromatic nitrogens is 1. The number of nitrogens with zero attached hydrogens (tertiary/aromatic N) is 2. The summed E-state index contributed by atoms with van der Waals surface area (Å²) in [5.74, 6) is 0. The van der Waals surface area contributed by atoms with E-state index in [-0.39, 0.29) is 0 Å². The third-order valence-electron chi connectivity index (χ3n) is 2.38. The fraction of sp³-hybridized carbons (Fsp3) is 0.0769. The number of hydrogen-bond acceptors (Lipinski definition) is 2. The third kappa shape index (κ3) is 2.33. The Hall–Kier alpha value is -2.35. The predicted octanol–water partition coefficient (Wildman–Crippen LogP) is 3.64. The van der Waals surface area contributed by atoms with Crippen molar-refractivity contribution in [2.45, 2.75) is 6.18 Å². The molecule has 0 aliphatic heterocycles. The van der Waals surface area contributed by atoms with Crippen LogP contribution < -0.4 is 0 Å². The Bertz CT molecular complexity index is 598. The van der Waals surface area contributed by atoms with Gasteiger partial charge in [0.1, 0.15) is 6.07 Å². The van der Waals surface area contributed by atoms with E-state index >= 15 is 0 Å². The van der Waals surface area contributed by atoms with Gasteiger partial charge in [0.05, 0.1) is 5.56 Å². The zero-order valence-corrected chi connectivity index (χ0v) is 9.07. The quantitative estimate of drug-likeness (QED) is 0.772. The molecule has 90 valence electrons. The topological polar surface area (TPSA) is 36.7 Å². The molecule has 2 nitrogen and oxygen atoms in total. The van der Waals surface area contributed by atoms with E-state index in [1.807, 2.05) is 0 Å².